The van der Waals surface area contributed by atoms with Crippen molar-refractivity contribution in [3.8, 4) is 0 Å². The van der Waals surface area contributed by atoms with Gasteiger partial charge in [-0.05, 0) is 43.6 Å². The summed E-state index contributed by atoms with van der Waals surface area (Å²) in [5.74, 6) is 3.09. The molecule has 0 atom stereocenters. The Bertz CT molecular complexity index is 337. The zero-order chi connectivity index (χ0) is 11.5. The van der Waals surface area contributed by atoms with Crippen molar-refractivity contribution in [1.82, 2.24) is 15.3 Å². The molecule has 0 amide bonds. The summed E-state index contributed by atoms with van der Waals surface area (Å²) in [5.41, 5.74) is 0. The van der Waals surface area contributed by atoms with Crippen molar-refractivity contribution in [3.63, 3.8) is 0 Å². The minimum absolute atomic E-state index is 0.820. The average Bonchev–Trinajstić information content (AvgIpc) is 3.24. The number of thioether (sulfide) groups is 1. The van der Waals surface area contributed by atoms with Gasteiger partial charge in [-0.3, -0.25) is 0 Å². The van der Waals surface area contributed by atoms with Gasteiger partial charge in [0.05, 0.1) is 5.03 Å². The van der Waals surface area contributed by atoms with Gasteiger partial charge >= 0.3 is 0 Å². The van der Waals surface area contributed by atoms with Gasteiger partial charge in [-0.1, -0.05) is 0 Å². The molecule has 1 heterocycles. The average molecular weight is 249 g/mol. The minimum Gasteiger partial charge on any atom is -0.313 e. The number of hydrogen-bond donors (Lipinski definition) is 1. The molecule has 0 bridgehead atoms. The van der Waals surface area contributed by atoms with Gasteiger partial charge in [-0.15, -0.1) is 11.8 Å². The lowest BCUT2D eigenvalue weighted by Gasteiger charge is -2.17. The zero-order valence-corrected chi connectivity index (χ0v) is 10.8. The standard InChI is InChI=1S/C13H19N3S/c1-2-10(1)13(11-3-4-11)15-7-8-17-12-5-6-14-9-16-12/h5-6,9-11,13,15H,1-4,7-8H2. The molecule has 2 aliphatic rings. The van der Waals surface area contributed by atoms with Crippen LogP contribution >= 0.6 is 11.8 Å². The molecule has 2 saturated carbocycles. The summed E-state index contributed by atoms with van der Waals surface area (Å²) in [4.78, 5) is 8.14. The molecule has 0 unspecified atom stereocenters. The molecule has 1 aromatic rings. The molecule has 0 saturated heterocycles. The Labute approximate surface area is 107 Å². The molecule has 17 heavy (non-hydrogen) atoms. The lowest BCUT2D eigenvalue weighted by molar-refractivity contribution is 0.429. The summed E-state index contributed by atoms with van der Waals surface area (Å²) < 4.78 is 0. The number of nitrogens with zero attached hydrogens (tertiary/aromatic N) is 2. The van der Waals surface area contributed by atoms with E-state index >= 15 is 0 Å². The first kappa shape index (κ1) is 11.5. The van der Waals surface area contributed by atoms with Crippen molar-refractivity contribution in [2.75, 3.05) is 12.3 Å². The van der Waals surface area contributed by atoms with Crippen molar-refractivity contribution in [1.29, 1.82) is 0 Å². The second-order valence-corrected chi connectivity index (χ2v) is 6.17. The molecule has 2 fully saturated rings. The summed E-state index contributed by atoms with van der Waals surface area (Å²) in [6, 6.07) is 2.80. The van der Waals surface area contributed by atoms with Crippen LogP contribution in [-0.4, -0.2) is 28.3 Å². The number of hydrogen-bond acceptors (Lipinski definition) is 4. The summed E-state index contributed by atoms with van der Waals surface area (Å²) in [6.45, 7) is 1.10. The van der Waals surface area contributed by atoms with E-state index in [4.69, 9.17) is 0 Å². The van der Waals surface area contributed by atoms with Crippen LogP contribution in [0.25, 0.3) is 0 Å². The van der Waals surface area contributed by atoms with Crippen LogP contribution in [0.4, 0.5) is 0 Å². The predicted octanol–water partition coefficient (Wildman–Crippen LogP) is 2.35. The number of aromatic nitrogens is 2. The normalized spacial score (nSPS) is 19.8. The van der Waals surface area contributed by atoms with Crippen LogP contribution in [0.1, 0.15) is 25.7 Å². The van der Waals surface area contributed by atoms with E-state index < -0.39 is 0 Å². The SMILES string of the molecule is c1cc(SCCNC(C2CC2)C2CC2)ncn1. The Morgan fingerprint density at radius 2 is 2.06 bits per heavy atom. The van der Waals surface area contributed by atoms with Gasteiger partial charge in [0.15, 0.2) is 0 Å². The summed E-state index contributed by atoms with van der Waals surface area (Å²) >= 11 is 1.81. The topological polar surface area (TPSA) is 37.8 Å². The van der Waals surface area contributed by atoms with Crippen molar-refractivity contribution in [2.24, 2.45) is 11.8 Å². The second kappa shape index (κ2) is 5.36. The van der Waals surface area contributed by atoms with E-state index in [2.05, 4.69) is 15.3 Å². The largest absolute Gasteiger partial charge is 0.313 e. The van der Waals surface area contributed by atoms with Gasteiger partial charge < -0.3 is 5.32 Å². The van der Waals surface area contributed by atoms with Crippen molar-refractivity contribution >= 4 is 11.8 Å². The molecule has 0 aromatic carbocycles. The molecule has 1 aromatic heterocycles. The fraction of sp³-hybridized carbons (Fsp3) is 0.692. The molecule has 0 aliphatic heterocycles. The number of nitrogens with one attached hydrogen (secondary N) is 1. The van der Waals surface area contributed by atoms with Gasteiger partial charge in [0.2, 0.25) is 0 Å². The van der Waals surface area contributed by atoms with E-state index in [0.29, 0.717) is 0 Å². The van der Waals surface area contributed by atoms with E-state index in [9.17, 15) is 0 Å². The Hall–Kier alpha value is -0.610. The van der Waals surface area contributed by atoms with Crippen LogP contribution in [0.5, 0.6) is 0 Å². The molecule has 92 valence electrons. The van der Waals surface area contributed by atoms with Crippen molar-refractivity contribution in [2.45, 2.75) is 36.8 Å². The molecule has 0 spiro atoms. The minimum atomic E-state index is 0.820. The van der Waals surface area contributed by atoms with Gasteiger partial charge in [-0.25, -0.2) is 9.97 Å². The first-order valence-electron chi connectivity index (χ1n) is 6.55. The van der Waals surface area contributed by atoms with Gasteiger partial charge in [0, 0.05) is 24.5 Å². The van der Waals surface area contributed by atoms with E-state index in [1.165, 1.54) is 25.7 Å². The highest BCUT2D eigenvalue weighted by Gasteiger charge is 2.40. The number of rotatable bonds is 7. The lowest BCUT2D eigenvalue weighted by Crippen LogP contribution is -2.34. The Morgan fingerprint density at radius 3 is 2.65 bits per heavy atom. The van der Waals surface area contributed by atoms with Crippen LogP contribution in [0.15, 0.2) is 23.6 Å². The maximum Gasteiger partial charge on any atom is 0.116 e. The Balaban J connectivity index is 1.37. The van der Waals surface area contributed by atoms with E-state index in [1.54, 1.807) is 12.5 Å². The highest BCUT2D eigenvalue weighted by atomic mass is 32.2. The quantitative estimate of drug-likeness (QED) is 0.457. The highest BCUT2D eigenvalue weighted by molar-refractivity contribution is 7.99. The second-order valence-electron chi connectivity index (χ2n) is 5.05. The monoisotopic (exact) mass is 249 g/mol. The maximum absolute atomic E-state index is 4.21. The first-order valence-corrected chi connectivity index (χ1v) is 7.54. The molecule has 2 aliphatic carbocycles. The molecule has 3 rings (SSSR count). The summed E-state index contributed by atoms with van der Waals surface area (Å²) in [6.07, 6.45) is 9.23. The van der Waals surface area contributed by atoms with Crippen LogP contribution < -0.4 is 5.32 Å². The van der Waals surface area contributed by atoms with Crippen LogP contribution in [0, 0.1) is 11.8 Å². The summed E-state index contributed by atoms with van der Waals surface area (Å²) in [7, 11) is 0. The molecule has 0 radical (unpaired) electrons. The van der Waals surface area contributed by atoms with Crippen LogP contribution in [-0.2, 0) is 0 Å². The third kappa shape index (κ3) is 3.42. The third-order valence-corrected chi connectivity index (χ3v) is 4.49. The predicted molar refractivity (Wildman–Crippen MR) is 70.0 cm³/mol. The molecule has 4 heteroatoms. The van der Waals surface area contributed by atoms with E-state index in [0.717, 1.165) is 35.2 Å². The van der Waals surface area contributed by atoms with Gasteiger partial charge in [0.25, 0.3) is 0 Å². The maximum atomic E-state index is 4.21. The first-order chi connectivity index (χ1) is 8.43. The Kier molecular flexibility index (Phi) is 3.62. The van der Waals surface area contributed by atoms with E-state index in [1.807, 2.05) is 17.8 Å². The smallest absolute Gasteiger partial charge is 0.116 e. The molecular formula is C13H19N3S. The van der Waals surface area contributed by atoms with Crippen LogP contribution in [0.2, 0.25) is 0 Å². The van der Waals surface area contributed by atoms with E-state index in [-0.39, 0.29) is 0 Å². The fourth-order valence-electron chi connectivity index (χ4n) is 2.37. The zero-order valence-electron chi connectivity index (χ0n) is 10.0. The van der Waals surface area contributed by atoms with Crippen molar-refractivity contribution in [3.05, 3.63) is 18.6 Å². The Morgan fingerprint density at radius 1 is 1.29 bits per heavy atom. The van der Waals surface area contributed by atoms with Gasteiger partial charge in [0.1, 0.15) is 6.33 Å². The van der Waals surface area contributed by atoms with Gasteiger partial charge in [-0.2, -0.15) is 0 Å². The third-order valence-electron chi connectivity index (χ3n) is 3.55. The highest BCUT2D eigenvalue weighted by Crippen LogP contribution is 2.44. The fourth-order valence-corrected chi connectivity index (χ4v) is 3.08. The molecule has 1 N–H and O–H groups in total. The summed E-state index contributed by atoms with van der Waals surface area (Å²) in [5, 5.41) is 4.83. The lowest BCUT2D eigenvalue weighted by atomic mass is 10.1. The molecule has 3 nitrogen and oxygen atoms in total. The molecular weight excluding hydrogens is 230 g/mol. The van der Waals surface area contributed by atoms with Crippen molar-refractivity contribution < 1.29 is 0 Å². The van der Waals surface area contributed by atoms with Crippen LogP contribution in [0.3, 0.4) is 0 Å².